The van der Waals surface area contributed by atoms with Crippen LogP contribution in [-0.4, -0.2) is 23.9 Å². The van der Waals surface area contributed by atoms with E-state index in [0.717, 1.165) is 0 Å². The Morgan fingerprint density at radius 1 is 1.75 bits per heavy atom. The van der Waals surface area contributed by atoms with Gasteiger partial charge in [0.2, 0.25) is 0 Å². The molecule has 0 unspecified atom stereocenters. The Labute approximate surface area is 71.4 Å². The molecule has 6 heteroatoms. The van der Waals surface area contributed by atoms with Gasteiger partial charge in [0.15, 0.2) is 0 Å². The van der Waals surface area contributed by atoms with Gasteiger partial charge in [-0.1, -0.05) is 0 Å². The molecule has 0 saturated carbocycles. The van der Waals surface area contributed by atoms with Gasteiger partial charge in [-0.2, -0.15) is 0 Å². The molecule has 0 spiro atoms. The van der Waals surface area contributed by atoms with E-state index in [4.69, 9.17) is 0 Å². The minimum atomic E-state index is -2.52. The second-order valence-electron chi connectivity index (χ2n) is 1.97. The topological polar surface area (TPSA) is 42.0 Å². The number of amides is 1. The number of nitrogens with one attached hydrogen (secondary N) is 1. The highest BCUT2D eigenvalue weighted by atomic mass is 32.1. The SMILES string of the molecule is O=C(NCC(F)F)c1cscn1. The molecule has 0 aliphatic carbocycles. The molecule has 1 aromatic rings. The highest BCUT2D eigenvalue weighted by Crippen LogP contribution is 2.00. The molecule has 0 atom stereocenters. The molecule has 66 valence electrons. The zero-order chi connectivity index (χ0) is 8.97. The third-order valence-corrected chi connectivity index (χ3v) is 1.67. The van der Waals surface area contributed by atoms with Crippen LogP contribution in [-0.2, 0) is 0 Å². The second kappa shape index (κ2) is 4.10. The highest BCUT2D eigenvalue weighted by molar-refractivity contribution is 7.07. The molecule has 1 rings (SSSR count). The van der Waals surface area contributed by atoms with Crippen molar-refractivity contribution in [3.05, 3.63) is 16.6 Å². The first-order valence-electron chi connectivity index (χ1n) is 3.14. The first kappa shape index (κ1) is 9.05. The van der Waals surface area contributed by atoms with Crippen molar-refractivity contribution in [1.29, 1.82) is 0 Å². The van der Waals surface area contributed by atoms with Gasteiger partial charge in [-0.05, 0) is 0 Å². The molecule has 3 nitrogen and oxygen atoms in total. The van der Waals surface area contributed by atoms with E-state index in [9.17, 15) is 13.6 Å². The molecule has 0 saturated heterocycles. The third kappa shape index (κ3) is 2.54. The smallest absolute Gasteiger partial charge is 0.270 e. The average molecular weight is 192 g/mol. The van der Waals surface area contributed by atoms with Crippen LogP contribution < -0.4 is 5.32 Å². The van der Waals surface area contributed by atoms with Crippen LogP contribution in [0.1, 0.15) is 10.5 Å². The summed E-state index contributed by atoms with van der Waals surface area (Å²) in [6.07, 6.45) is -2.52. The standard InChI is InChI=1S/C6H6F2N2OS/c7-5(8)1-9-6(11)4-2-12-3-10-4/h2-3,5H,1H2,(H,9,11). The van der Waals surface area contributed by atoms with Crippen molar-refractivity contribution in [2.45, 2.75) is 6.43 Å². The van der Waals surface area contributed by atoms with E-state index in [0.29, 0.717) is 0 Å². The largest absolute Gasteiger partial charge is 0.345 e. The average Bonchev–Trinajstić information content (AvgIpc) is 2.51. The summed E-state index contributed by atoms with van der Waals surface area (Å²) >= 11 is 1.24. The monoisotopic (exact) mass is 192 g/mol. The number of thiazole rings is 1. The van der Waals surface area contributed by atoms with Crippen molar-refractivity contribution in [3.63, 3.8) is 0 Å². The van der Waals surface area contributed by atoms with Crippen LogP contribution in [0.2, 0.25) is 0 Å². The van der Waals surface area contributed by atoms with Gasteiger partial charge in [-0.3, -0.25) is 4.79 Å². The highest BCUT2D eigenvalue weighted by Gasteiger charge is 2.09. The molecule has 12 heavy (non-hydrogen) atoms. The van der Waals surface area contributed by atoms with Gasteiger partial charge < -0.3 is 5.32 Å². The first-order chi connectivity index (χ1) is 5.70. The van der Waals surface area contributed by atoms with E-state index in [1.165, 1.54) is 22.2 Å². The first-order valence-corrected chi connectivity index (χ1v) is 4.09. The van der Waals surface area contributed by atoms with Gasteiger partial charge in [0.1, 0.15) is 5.69 Å². The summed E-state index contributed by atoms with van der Waals surface area (Å²) in [5, 5.41) is 3.54. The van der Waals surface area contributed by atoms with Gasteiger partial charge in [-0.25, -0.2) is 13.8 Å². The number of carbonyl (C=O) groups excluding carboxylic acids is 1. The maximum Gasteiger partial charge on any atom is 0.270 e. The molecule has 1 amide bonds. The molecule has 1 N–H and O–H groups in total. The summed E-state index contributed by atoms with van der Waals surface area (Å²) in [7, 11) is 0. The fourth-order valence-corrected chi connectivity index (χ4v) is 1.12. The number of hydrogen-bond donors (Lipinski definition) is 1. The summed E-state index contributed by atoms with van der Waals surface area (Å²) < 4.78 is 23.2. The Kier molecular flexibility index (Phi) is 3.09. The van der Waals surface area contributed by atoms with E-state index in [-0.39, 0.29) is 5.69 Å². The van der Waals surface area contributed by atoms with Crippen molar-refractivity contribution in [3.8, 4) is 0 Å². The predicted molar refractivity (Wildman–Crippen MR) is 40.5 cm³/mol. The lowest BCUT2D eigenvalue weighted by Crippen LogP contribution is -2.28. The van der Waals surface area contributed by atoms with Crippen LogP contribution in [0.25, 0.3) is 0 Å². The van der Waals surface area contributed by atoms with Gasteiger partial charge in [0.05, 0.1) is 12.1 Å². The minimum absolute atomic E-state index is 0.181. The van der Waals surface area contributed by atoms with E-state index in [1.54, 1.807) is 0 Å². The van der Waals surface area contributed by atoms with E-state index >= 15 is 0 Å². The summed E-state index contributed by atoms with van der Waals surface area (Å²) in [5.74, 6) is -0.559. The fraction of sp³-hybridized carbons (Fsp3) is 0.333. The molecule has 0 radical (unpaired) electrons. The summed E-state index contributed by atoms with van der Waals surface area (Å²) in [5.41, 5.74) is 1.65. The van der Waals surface area contributed by atoms with Gasteiger partial charge >= 0.3 is 0 Å². The number of halogens is 2. The van der Waals surface area contributed by atoms with Crippen LogP contribution in [0.15, 0.2) is 10.9 Å². The Balaban J connectivity index is 2.40. The van der Waals surface area contributed by atoms with E-state index < -0.39 is 18.9 Å². The number of rotatable bonds is 3. The number of hydrogen-bond acceptors (Lipinski definition) is 3. The van der Waals surface area contributed by atoms with Crippen molar-refractivity contribution >= 4 is 17.2 Å². The van der Waals surface area contributed by atoms with E-state index in [1.807, 2.05) is 5.32 Å². The lowest BCUT2D eigenvalue weighted by molar-refractivity contribution is 0.0887. The summed E-state index contributed by atoms with van der Waals surface area (Å²) in [4.78, 5) is 14.6. The molecular weight excluding hydrogens is 186 g/mol. The zero-order valence-electron chi connectivity index (χ0n) is 5.96. The van der Waals surface area contributed by atoms with Crippen molar-refractivity contribution < 1.29 is 13.6 Å². The summed E-state index contributed by atoms with van der Waals surface area (Å²) in [6, 6.07) is 0. The van der Waals surface area contributed by atoms with Crippen LogP contribution in [0.3, 0.4) is 0 Å². The quantitative estimate of drug-likeness (QED) is 0.780. The van der Waals surface area contributed by atoms with E-state index in [2.05, 4.69) is 4.98 Å². The molecule has 0 aliphatic heterocycles. The fourth-order valence-electron chi connectivity index (χ4n) is 0.585. The Bertz CT molecular complexity index is 250. The molecular formula is C6H6F2N2OS. The van der Waals surface area contributed by atoms with Gasteiger partial charge in [0.25, 0.3) is 12.3 Å². The van der Waals surface area contributed by atoms with Gasteiger partial charge in [0, 0.05) is 5.38 Å². The number of carbonyl (C=O) groups is 1. The van der Waals surface area contributed by atoms with Crippen molar-refractivity contribution in [2.24, 2.45) is 0 Å². The minimum Gasteiger partial charge on any atom is -0.345 e. The third-order valence-electron chi connectivity index (χ3n) is 1.08. The van der Waals surface area contributed by atoms with Crippen molar-refractivity contribution in [2.75, 3.05) is 6.54 Å². The number of nitrogens with zero attached hydrogens (tertiary/aromatic N) is 1. The second-order valence-corrected chi connectivity index (χ2v) is 2.69. The van der Waals surface area contributed by atoms with Crippen LogP contribution in [0.4, 0.5) is 8.78 Å². The molecule has 0 aromatic carbocycles. The van der Waals surface area contributed by atoms with Crippen LogP contribution in [0.5, 0.6) is 0 Å². The lowest BCUT2D eigenvalue weighted by atomic mass is 10.4. The normalized spacial score (nSPS) is 10.2. The maximum absolute atomic E-state index is 11.6. The van der Waals surface area contributed by atoms with Crippen LogP contribution >= 0.6 is 11.3 Å². The Morgan fingerprint density at radius 3 is 3.00 bits per heavy atom. The summed E-state index contributed by atoms with van der Waals surface area (Å²) in [6.45, 7) is -0.629. The maximum atomic E-state index is 11.6. The Hall–Kier alpha value is -1.04. The Morgan fingerprint density at radius 2 is 2.50 bits per heavy atom. The molecule has 1 heterocycles. The molecule has 0 aliphatic rings. The number of alkyl halides is 2. The molecule has 0 fully saturated rings. The zero-order valence-corrected chi connectivity index (χ0v) is 6.78. The molecule has 0 bridgehead atoms. The van der Waals surface area contributed by atoms with Crippen molar-refractivity contribution in [1.82, 2.24) is 10.3 Å². The van der Waals surface area contributed by atoms with Crippen LogP contribution in [0, 0.1) is 0 Å². The number of aromatic nitrogens is 1. The molecule has 1 aromatic heterocycles. The lowest BCUT2D eigenvalue weighted by Gasteiger charge is -2.00. The van der Waals surface area contributed by atoms with Gasteiger partial charge in [-0.15, -0.1) is 11.3 Å². The predicted octanol–water partition coefficient (Wildman–Crippen LogP) is 1.14.